The number of hydrogen-bond acceptors (Lipinski definition) is 4. The highest BCUT2D eigenvalue weighted by atomic mass is 16.2. The summed E-state index contributed by atoms with van der Waals surface area (Å²) in [5.41, 5.74) is 1.96. The predicted molar refractivity (Wildman–Crippen MR) is 122 cm³/mol. The van der Waals surface area contributed by atoms with Crippen LogP contribution in [0.15, 0.2) is 82.4 Å². The van der Waals surface area contributed by atoms with Gasteiger partial charge in [0, 0.05) is 5.56 Å². The molecule has 0 aliphatic carbocycles. The molecule has 4 rings (SSSR count). The van der Waals surface area contributed by atoms with Crippen molar-refractivity contribution in [2.24, 2.45) is 0 Å². The number of fused-ring (bicyclic) bond motifs is 1. The summed E-state index contributed by atoms with van der Waals surface area (Å²) in [4.78, 5) is 52.1. The number of aromatic amines is 1. The van der Waals surface area contributed by atoms with Crippen molar-refractivity contribution in [1.29, 1.82) is 0 Å². The number of amides is 1. The number of aryl methyl sites for hydroxylation is 1. The fourth-order valence-corrected chi connectivity index (χ4v) is 3.58. The highest BCUT2D eigenvalue weighted by molar-refractivity contribution is 5.95. The van der Waals surface area contributed by atoms with E-state index in [4.69, 9.17) is 0 Å². The van der Waals surface area contributed by atoms with Crippen molar-refractivity contribution in [3.8, 4) is 5.69 Å². The van der Waals surface area contributed by atoms with E-state index in [1.54, 1.807) is 12.1 Å². The molecule has 7 heteroatoms. The number of H-pyrrole nitrogens is 1. The molecule has 0 aliphatic heterocycles. The first-order valence-electron chi connectivity index (χ1n) is 10.1. The molecule has 1 heterocycles. The van der Waals surface area contributed by atoms with E-state index in [0.29, 0.717) is 34.9 Å². The lowest BCUT2D eigenvalue weighted by Gasteiger charge is -2.13. The maximum atomic E-state index is 12.9. The summed E-state index contributed by atoms with van der Waals surface area (Å²) < 4.78 is 1.03. The summed E-state index contributed by atoms with van der Waals surface area (Å²) in [6.45, 7) is 1.87. The van der Waals surface area contributed by atoms with Gasteiger partial charge in [-0.05, 0) is 55.3 Å². The second kappa shape index (κ2) is 8.85. The lowest BCUT2D eigenvalue weighted by molar-refractivity contribution is -0.109. The maximum absolute atomic E-state index is 12.9. The Morgan fingerprint density at radius 2 is 1.75 bits per heavy atom. The van der Waals surface area contributed by atoms with Crippen molar-refractivity contribution in [1.82, 2.24) is 14.9 Å². The third-order valence-corrected chi connectivity index (χ3v) is 5.22. The molecule has 0 aliphatic rings. The number of rotatable bonds is 6. The molecule has 0 unspecified atom stereocenters. The van der Waals surface area contributed by atoms with Gasteiger partial charge in [0.25, 0.3) is 11.5 Å². The summed E-state index contributed by atoms with van der Waals surface area (Å²) in [7, 11) is 0. The SMILES string of the molecule is Cc1ccc2[nH]c(=O)n(-c3ccc(C(=O)N[C@H](C=O)Cc4ccccc4)cc3)c(=O)c2c1. The summed E-state index contributed by atoms with van der Waals surface area (Å²) in [5, 5.41) is 3.10. The second-order valence-electron chi connectivity index (χ2n) is 7.57. The Morgan fingerprint density at radius 1 is 1.03 bits per heavy atom. The topological polar surface area (TPSA) is 101 Å². The number of aromatic nitrogens is 2. The van der Waals surface area contributed by atoms with Crippen LogP contribution in [0.1, 0.15) is 21.5 Å². The second-order valence-corrected chi connectivity index (χ2v) is 7.57. The van der Waals surface area contributed by atoms with E-state index >= 15 is 0 Å². The van der Waals surface area contributed by atoms with Gasteiger partial charge in [0.15, 0.2) is 0 Å². The number of benzene rings is 3. The molecule has 0 radical (unpaired) electrons. The molecule has 0 spiro atoms. The maximum Gasteiger partial charge on any atom is 0.333 e. The Balaban J connectivity index is 1.58. The van der Waals surface area contributed by atoms with Gasteiger partial charge in [-0.1, -0.05) is 42.0 Å². The molecular formula is C25H21N3O4. The molecule has 7 nitrogen and oxygen atoms in total. The molecule has 1 aromatic heterocycles. The van der Waals surface area contributed by atoms with Crippen LogP contribution in [-0.4, -0.2) is 27.8 Å². The molecule has 0 bridgehead atoms. The molecule has 32 heavy (non-hydrogen) atoms. The van der Waals surface area contributed by atoms with E-state index in [-0.39, 0.29) is 0 Å². The fourth-order valence-electron chi connectivity index (χ4n) is 3.58. The molecule has 3 aromatic carbocycles. The molecule has 1 atom stereocenters. The number of carbonyl (C=O) groups excluding carboxylic acids is 2. The zero-order valence-corrected chi connectivity index (χ0v) is 17.4. The van der Waals surface area contributed by atoms with Gasteiger partial charge in [-0.25, -0.2) is 9.36 Å². The highest BCUT2D eigenvalue weighted by Crippen LogP contribution is 2.11. The highest BCUT2D eigenvalue weighted by Gasteiger charge is 2.15. The smallest absolute Gasteiger partial charge is 0.333 e. The molecule has 0 fully saturated rings. The van der Waals surface area contributed by atoms with Crippen LogP contribution in [0, 0.1) is 6.92 Å². The number of carbonyl (C=O) groups is 2. The Morgan fingerprint density at radius 3 is 2.44 bits per heavy atom. The van der Waals surface area contributed by atoms with Crippen molar-refractivity contribution in [2.75, 3.05) is 0 Å². The van der Waals surface area contributed by atoms with Crippen molar-refractivity contribution >= 4 is 23.1 Å². The lowest BCUT2D eigenvalue weighted by atomic mass is 10.1. The van der Waals surface area contributed by atoms with Crippen molar-refractivity contribution in [2.45, 2.75) is 19.4 Å². The van der Waals surface area contributed by atoms with Gasteiger partial charge in [0.2, 0.25) is 0 Å². The average molecular weight is 427 g/mol. The normalized spacial score (nSPS) is 11.8. The molecule has 0 saturated carbocycles. The average Bonchev–Trinajstić information content (AvgIpc) is 2.80. The molecule has 0 saturated heterocycles. The van der Waals surface area contributed by atoms with Crippen LogP contribution in [0.4, 0.5) is 0 Å². The zero-order valence-electron chi connectivity index (χ0n) is 17.4. The van der Waals surface area contributed by atoms with Gasteiger partial charge in [0.05, 0.1) is 22.6 Å². The van der Waals surface area contributed by atoms with Gasteiger partial charge in [-0.3, -0.25) is 9.59 Å². The largest absolute Gasteiger partial charge is 0.342 e. The standard InChI is InChI=1S/C25H21N3O4/c1-16-7-12-22-21(13-16)24(31)28(25(32)27-22)20-10-8-18(9-11-20)23(30)26-19(15-29)14-17-5-3-2-4-6-17/h2-13,15,19H,14H2,1H3,(H,26,30)(H,27,32)/t19-/m0/s1. The molecule has 4 aromatic rings. The number of nitrogens with zero attached hydrogens (tertiary/aromatic N) is 1. The van der Waals surface area contributed by atoms with E-state index in [9.17, 15) is 19.2 Å². The van der Waals surface area contributed by atoms with Crippen molar-refractivity contribution < 1.29 is 9.59 Å². The van der Waals surface area contributed by atoms with Crippen LogP contribution in [0.25, 0.3) is 16.6 Å². The van der Waals surface area contributed by atoms with E-state index in [1.807, 2.05) is 43.3 Å². The monoisotopic (exact) mass is 427 g/mol. The zero-order chi connectivity index (χ0) is 22.7. The molecule has 2 N–H and O–H groups in total. The summed E-state index contributed by atoms with van der Waals surface area (Å²) in [6.07, 6.45) is 1.09. The first kappa shape index (κ1) is 21.0. The van der Waals surface area contributed by atoms with E-state index in [0.717, 1.165) is 15.7 Å². The van der Waals surface area contributed by atoms with Crippen LogP contribution in [0.2, 0.25) is 0 Å². The third-order valence-electron chi connectivity index (χ3n) is 5.22. The third kappa shape index (κ3) is 4.27. The van der Waals surface area contributed by atoms with Gasteiger partial charge in [-0.15, -0.1) is 0 Å². The van der Waals surface area contributed by atoms with Crippen LogP contribution in [-0.2, 0) is 11.2 Å². The van der Waals surface area contributed by atoms with Gasteiger partial charge in [0.1, 0.15) is 6.29 Å². The molecule has 1 amide bonds. The van der Waals surface area contributed by atoms with Crippen LogP contribution in [0.5, 0.6) is 0 Å². The molecular weight excluding hydrogens is 406 g/mol. The minimum Gasteiger partial charge on any atom is -0.342 e. The Kier molecular flexibility index (Phi) is 5.81. The molecule has 160 valence electrons. The quantitative estimate of drug-likeness (QED) is 0.462. The Bertz CT molecular complexity index is 1400. The lowest BCUT2D eigenvalue weighted by Crippen LogP contribution is -2.37. The summed E-state index contributed by atoms with van der Waals surface area (Å²) in [5.74, 6) is -0.417. The van der Waals surface area contributed by atoms with Gasteiger partial charge in [-0.2, -0.15) is 0 Å². The number of aldehydes is 1. The number of nitrogens with one attached hydrogen (secondary N) is 2. The Labute approximate surface area is 183 Å². The van der Waals surface area contributed by atoms with Crippen LogP contribution in [0.3, 0.4) is 0 Å². The summed E-state index contributed by atoms with van der Waals surface area (Å²) >= 11 is 0. The van der Waals surface area contributed by atoms with Gasteiger partial charge >= 0.3 is 5.69 Å². The van der Waals surface area contributed by atoms with E-state index < -0.39 is 23.2 Å². The first-order chi connectivity index (χ1) is 15.5. The van der Waals surface area contributed by atoms with Crippen molar-refractivity contribution in [3.63, 3.8) is 0 Å². The first-order valence-corrected chi connectivity index (χ1v) is 10.1. The minimum atomic E-state index is -0.668. The van der Waals surface area contributed by atoms with E-state index in [2.05, 4.69) is 10.3 Å². The van der Waals surface area contributed by atoms with Crippen LogP contribution >= 0.6 is 0 Å². The summed E-state index contributed by atoms with van der Waals surface area (Å²) in [6, 6.07) is 20.1. The Hall–Kier alpha value is -4.26. The van der Waals surface area contributed by atoms with Crippen molar-refractivity contribution in [3.05, 3.63) is 110 Å². The fraction of sp³-hybridized carbons (Fsp3) is 0.120. The number of hydrogen-bond donors (Lipinski definition) is 2. The van der Waals surface area contributed by atoms with Crippen LogP contribution < -0.4 is 16.6 Å². The van der Waals surface area contributed by atoms with E-state index in [1.165, 1.54) is 24.3 Å². The minimum absolute atomic E-state index is 0.315. The predicted octanol–water partition coefficient (Wildman–Crippen LogP) is 2.53. The van der Waals surface area contributed by atoms with Gasteiger partial charge < -0.3 is 15.1 Å².